The molecule has 0 N–H and O–H groups in total. The van der Waals surface area contributed by atoms with Crippen LogP contribution in [0.4, 0.5) is 0 Å². The van der Waals surface area contributed by atoms with Crippen LogP contribution in [0.3, 0.4) is 0 Å². The van der Waals surface area contributed by atoms with Crippen molar-refractivity contribution in [1.82, 2.24) is 15.0 Å². The lowest BCUT2D eigenvalue weighted by molar-refractivity contribution is 0.673. The number of hydrogen-bond donors (Lipinski definition) is 0. The SMILES string of the molecule is c1ccc2c(-c3nc(-c4ccc5c6ccccc6c6oc7ccccc7c6c5c4)nc(-c4cccc5ccccc45)n3)cccc2c1. The van der Waals surface area contributed by atoms with Crippen LogP contribution in [0, 0.1) is 0 Å². The first-order valence-corrected chi connectivity index (χ1v) is 15.8. The van der Waals surface area contributed by atoms with E-state index in [0.29, 0.717) is 17.5 Å². The Morgan fingerprint density at radius 3 is 1.55 bits per heavy atom. The highest BCUT2D eigenvalue weighted by Crippen LogP contribution is 2.42. The smallest absolute Gasteiger partial charge is 0.164 e. The van der Waals surface area contributed by atoms with E-state index in [9.17, 15) is 0 Å². The molecule has 2 aromatic heterocycles. The summed E-state index contributed by atoms with van der Waals surface area (Å²) in [5.74, 6) is 1.92. The Labute approximate surface area is 269 Å². The summed E-state index contributed by atoms with van der Waals surface area (Å²) >= 11 is 0. The molecular formula is C43H25N3O. The van der Waals surface area contributed by atoms with E-state index in [-0.39, 0.29) is 0 Å². The average molecular weight is 600 g/mol. The van der Waals surface area contributed by atoms with Gasteiger partial charge in [-0.05, 0) is 49.8 Å². The first-order chi connectivity index (χ1) is 23.3. The fourth-order valence-electron chi connectivity index (χ4n) is 7.13. The van der Waals surface area contributed by atoms with Crippen LogP contribution in [0.1, 0.15) is 0 Å². The largest absolute Gasteiger partial charge is 0.455 e. The third kappa shape index (κ3) is 3.98. The third-order valence-corrected chi connectivity index (χ3v) is 9.30. The second-order valence-electron chi connectivity index (χ2n) is 12.0. The number of rotatable bonds is 3. The number of benzene rings is 8. The minimum atomic E-state index is 0.627. The average Bonchev–Trinajstić information content (AvgIpc) is 3.54. The van der Waals surface area contributed by atoms with Crippen LogP contribution < -0.4 is 0 Å². The summed E-state index contributed by atoms with van der Waals surface area (Å²) in [5.41, 5.74) is 4.65. The highest BCUT2D eigenvalue weighted by Gasteiger charge is 2.19. The van der Waals surface area contributed by atoms with Crippen LogP contribution in [0.25, 0.3) is 99.2 Å². The number of nitrogens with zero attached hydrogens (tertiary/aromatic N) is 3. The van der Waals surface area contributed by atoms with Crippen LogP contribution in [-0.2, 0) is 0 Å². The summed E-state index contributed by atoms with van der Waals surface area (Å²) < 4.78 is 6.51. The van der Waals surface area contributed by atoms with Crippen LogP contribution in [0.15, 0.2) is 156 Å². The lowest BCUT2D eigenvalue weighted by Gasteiger charge is -2.12. The van der Waals surface area contributed by atoms with Crippen LogP contribution in [0.5, 0.6) is 0 Å². The second kappa shape index (κ2) is 10.1. The minimum absolute atomic E-state index is 0.627. The Morgan fingerprint density at radius 2 is 0.872 bits per heavy atom. The number of fused-ring (bicyclic) bond motifs is 10. The zero-order valence-electron chi connectivity index (χ0n) is 25.2. The molecule has 10 rings (SSSR count). The van der Waals surface area contributed by atoms with Gasteiger partial charge in [0.2, 0.25) is 0 Å². The third-order valence-electron chi connectivity index (χ3n) is 9.30. The summed E-state index contributed by atoms with van der Waals surface area (Å²) in [7, 11) is 0. The molecule has 0 spiro atoms. The standard InChI is InChI=1S/C43H25N3O/c1-3-15-29-26(11-1)13-9-20-34(29)42-44-41(45-43(46-42)35-21-10-14-27-12-2-4-16-30(27)35)28-23-24-32-31-17-5-6-18-33(31)40-39(37(32)25-28)36-19-7-8-22-38(36)47-40/h1-25H. The Hall–Kier alpha value is -6.39. The van der Waals surface area contributed by atoms with E-state index in [2.05, 4.69) is 140 Å². The summed E-state index contributed by atoms with van der Waals surface area (Å²) in [4.78, 5) is 15.5. The molecule has 0 saturated carbocycles. The monoisotopic (exact) mass is 599 g/mol. The topological polar surface area (TPSA) is 51.8 Å². The van der Waals surface area contributed by atoms with Gasteiger partial charge < -0.3 is 4.42 Å². The number of aromatic nitrogens is 3. The summed E-state index contributed by atoms with van der Waals surface area (Å²) in [6.45, 7) is 0. The van der Waals surface area contributed by atoms with Gasteiger partial charge in [0, 0.05) is 32.8 Å². The fourth-order valence-corrected chi connectivity index (χ4v) is 7.13. The van der Waals surface area contributed by atoms with E-state index >= 15 is 0 Å². The lowest BCUT2D eigenvalue weighted by Crippen LogP contribution is -2.01. The lowest BCUT2D eigenvalue weighted by atomic mass is 9.95. The zero-order valence-corrected chi connectivity index (χ0v) is 25.2. The molecule has 0 saturated heterocycles. The quantitative estimate of drug-likeness (QED) is 0.190. The van der Waals surface area contributed by atoms with E-state index in [1.165, 1.54) is 5.39 Å². The van der Waals surface area contributed by atoms with Gasteiger partial charge >= 0.3 is 0 Å². The molecule has 47 heavy (non-hydrogen) atoms. The van der Waals surface area contributed by atoms with Gasteiger partial charge in [-0.25, -0.2) is 15.0 Å². The Morgan fingerprint density at radius 1 is 0.362 bits per heavy atom. The van der Waals surface area contributed by atoms with Crippen molar-refractivity contribution in [2.24, 2.45) is 0 Å². The molecule has 8 aromatic carbocycles. The zero-order chi connectivity index (χ0) is 30.9. The maximum atomic E-state index is 6.51. The Kier molecular flexibility index (Phi) is 5.54. The number of furan rings is 1. The molecular weight excluding hydrogens is 574 g/mol. The van der Waals surface area contributed by atoms with Crippen LogP contribution in [0.2, 0.25) is 0 Å². The van der Waals surface area contributed by atoms with E-state index in [0.717, 1.165) is 76.3 Å². The van der Waals surface area contributed by atoms with Crippen molar-refractivity contribution in [1.29, 1.82) is 0 Å². The molecule has 0 unspecified atom stereocenters. The van der Waals surface area contributed by atoms with Crippen molar-refractivity contribution in [3.63, 3.8) is 0 Å². The molecule has 4 nitrogen and oxygen atoms in total. The van der Waals surface area contributed by atoms with E-state index in [1.807, 2.05) is 12.1 Å². The normalized spacial score (nSPS) is 11.8. The highest BCUT2D eigenvalue weighted by atomic mass is 16.3. The molecule has 0 amide bonds. The number of para-hydroxylation sites is 1. The maximum Gasteiger partial charge on any atom is 0.164 e. The van der Waals surface area contributed by atoms with Crippen molar-refractivity contribution < 1.29 is 4.42 Å². The first kappa shape index (κ1) is 25.9. The molecule has 0 aliphatic rings. The van der Waals surface area contributed by atoms with Gasteiger partial charge in [-0.3, -0.25) is 0 Å². The second-order valence-corrected chi connectivity index (χ2v) is 12.0. The minimum Gasteiger partial charge on any atom is -0.455 e. The van der Waals surface area contributed by atoms with Gasteiger partial charge in [-0.15, -0.1) is 0 Å². The molecule has 0 fully saturated rings. The van der Waals surface area contributed by atoms with E-state index in [4.69, 9.17) is 19.4 Å². The summed E-state index contributed by atoms with van der Waals surface area (Å²) in [5, 5.41) is 11.2. The molecule has 0 bridgehead atoms. The molecule has 10 aromatic rings. The van der Waals surface area contributed by atoms with Crippen molar-refractivity contribution in [3.8, 4) is 34.2 Å². The van der Waals surface area contributed by atoms with Crippen molar-refractivity contribution >= 4 is 65.0 Å². The van der Waals surface area contributed by atoms with Crippen molar-refractivity contribution in [3.05, 3.63) is 152 Å². The summed E-state index contributed by atoms with van der Waals surface area (Å²) in [6, 6.07) is 52.7. The van der Waals surface area contributed by atoms with Crippen molar-refractivity contribution in [2.45, 2.75) is 0 Å². The molecule has 2 heterocycles. The highest BCUT2D eigenvalue weighted by molar-refractivity contribution is 6.30. The van der Waals surface area contributed by atoms with E-state index < -0.39 is 0 Å². The maximum absolute atomic E-state index is 6.51. The Bertz CT molecular complexity index is 2760. The van der Waals surface area contributed by atoms with Gasteiger partial charge in [-0.1, -0.05) is 140 Å². The Balaban J connectivity index is 1.29. The van der Waals surface area contributed by atoms with Crippen molar-refractivity contribution in [2.75, 3.05) is 0 Å². The van der Waals surface area contributed by atoms with Gasteiger partial charge in [0.1, 0.15) is 11.2 Å². The molecule has 0 atom stereocenters. The fraction of sp³-hybridized carbons (Fsp3) is 0. The predicted octanol–water partition coefficient (Wildman–Crippen LogP) is 11.4. The predicted molar refractivity (Wildman–Crippen MR) is 193 cm³/mol. The number of hydrogen-bond acceptors (Lipinski definition) is 4. The van der Waals surface area contributed by atoms with Gasteiger partial charge in [0.05, 0.1) is 0 Å². The van der Waals surface area contributed by atoms with Crippen LogP contribution >= 0.6 is 0 Å². The summed E-state index contributed by atoms with van der Waals surface area (Å²) in [6.07, 6.45) is 0. The molecule has 0 aliphatic heterocycles. The van der Waals surface area contributed by atoms with Crippen LogP contribution in [-0.4, -0.2) is 15.0 Å². The molecule has 218 valence electrons. The van der Waals surface area contributed by atoms with Gasteiger partial charge in [-0.2, -0.15) is 0 Å². The molecule has 4 heteroatoms. The molecule has 0 radical (unpaired) electrons. The molecule has 0 aliphatic carbocycles. The van der Waals surface area contributed by atoms with Gasteiger partial charge in [0.15, 0.2) is 17.5 Å². The van der Waals surface area contributed by atoms with E-state index in [1.54, 1.807) is 0 Å². The first-order valence-electron chi connectivity index (χ1n) is 15.8. The van der Waals surface area contributed by atoms with Gasteiger partial charge in [0.25, 0.3) is 0 Å².